The van der Waals surface area contributed by atoms with E-state index in [2.05, 4.69) is 42.7 Å². The summed E-state index contributed by atoms with van der Waals surface area (Å²) in [5, 5.41) is 0. The summed E-state index contributed by atoms with van der Waals surface area (Å²) in [6.07, 6.45) is 6.70. The molecule has 0 fully saturated rings. The molecule has 4 heteroatoms. The summed E-state index contributed by atoms with van der Waals surface area (Å²) < 4.78 is 0. The second-order valence-corrected chi connectivity index (χ2v) is 8.34. The molecular weight excluding hydrogens is 370 g/mol. The molecule has 0 aromatic heterocycles. The van der Waals surface area contributed by atoms with Crippen molar-refractivity contribution in [2.24, 2.45) is 0 Å². The van der Waals surface area contributed by atoms with Crippen LogP contribution in [0.5, 0.6) is 0 Å². The minimum Gasteiger partial charge on any atom is -0.398 e. The highest BCUT2D eigenvalue weighted by Crippen LogP contribution is 2.43. The third-order valence-electron chi connectivity index (χ3n) is 6.18. The molecule has 0 saturated heterocycles. The molecule has 4 nitrogen and oxygen atoms in total. The molecule has 3 rings (SSSR count). The summed E-state index contributed by atoms with van der Waals surface area (Å²) in [5.41, 5.74) is 10.1. The summed E-state index contributed by atoms with van der Waals surface area (Å²) in [7, 11) is 0. The summed E-state index contributed by atoms with van der Waals surface area (Å²) in [6.45, 7) is 8.73. The number of amides is 1. The zero-order valence-corrected chi connectivity index (χ0v) is 18.8. The topological polar surface area (TPSA) is 49.6 Å². The highest BCUT2D eigenvalue weighted by atomic mass is 16.2. The van der Waals surface area contributed by atoms with E-state index in [0.717, 1.165) is 74.0 Å². The molecule has 0 bridgehead atoms. The van der Waals surface area contributed by atoms with Crippen molar-refractivity contribution in [3.05, 3.63) is 65.2 Å². The lowest BCUT2D eigenvalue weighted by molar-refractivity contribution is 0.0193. The van der Waals surface area contributed by atoms with E-state index in [-0.39, 0.29) is 18.1 Å². The Morgan fingerprint density at radius 1 is 0.900 bits per heavy atom. The predicted octanol–water partition coefficient (Wildman–Crippen LogP) is 5.84. The van der Waals surface area contributed by atoms with Gasteiger partial charge in [-0.2, -0.15) is 0 Å². The SMILES string of the molecule is CCCCN(CCCC)C(CCC)N1C(=O)c2ccccc2C1c1ccccc1N. The molecule has 2 atom stereocenters. The van der Waals surface area contributed by atoms with Gasteiger partial charge in [-0.25, -0.2) is 0 Å². The normalized spacial score (nSPS) is 16.9. The molecule has 162 valence electrons. The fraction of sp³-hybridized carbons (Fsp3) is 0.500. The monoisotopic (exact) mass is 407 g/mol. The van der Waals surface area contributed by atoms with Crippen molar-refractivity contribution in [2.45, 2.75) is 71.5 Å². The van der Waals surface area contributed by atoms with Crippen LogP contribution in [0.4, 0.5) is 5.69 Å². The first-order valence-electron chi connectivity index (χ1n) is 11.6. The average Bonchev–Trinajstić information content (AvgIpc) is 3.05. The molecule has 1 aliphatic heterocycles. The molecular formula is C26H37N3O. The number of anilines is 1. The number of carbonyl (C=O) groups is 1. The number of unbranched alkanes of at least 4 members (excludes halogenated alkanes) is 2. The fourth-order valence-electron chi connectivity index (χ4n) is 4.61. The minimum atomic E-state index is -0.128. The third-order valence-corrected chi connectivity index (χ3v) is 6.18. The van der Waals surface area contributed by atoms with Crippen molar-refractivity contribution >= 4 is 11.6 Å². The standard InChI is InChI=1S/C26H37N3O/c1-4-7-18-28(19-8-5-2)24(13-6-3)29-25(22-16-11-12-17-23(22)27)20-14-9-10-15-21(20)26(29)30/h9-12,14-17,24-25H,4-8,13,18-19,27H2,1-3H3. The van der Waals surface area contributed by atoms with Gasteiger partial charge in [-0.1, -0.05) is 76.4 Å². The van der Waals surface area contributed by atoms with Crippen LogP contribution in [0, 0.1) is 0 Å². The highest BCUT2D eigenvalue weighted by Gasteiger charge is 2.43. The fourth-order valence-corrected chi connectivity index (χ4v) is 4.61. The van der Waals surface area contributed by atoms with Crippen LogP contribution in [0.3, 0.4) is 0 Å². The van der Waals surface area contributed by atoms with Gasteiger partial charge in [0.1, 0.15) is 0 Å². The maximum absolute atomic E-state index is 13.7. The molecule has 0 saturated carbocycles. The number of hydrogen-bond donors (Lipinski definition) is 1. The summed E-state index contributed by atoms with van der Waals surface area (Å²) in [4.78, 5) is 18.4. The van der Waals surface area contributed by atoms with E-state index in [1.165, 1.54) is 0 Å². The Bertz CT molecular complexity index is 827. The molecule has 1 amide bonds. The van der Waals surface area contributed by atoms with E-state index in [9.17, 15) is 4.79 Å². The van der Waals surface area contributed by atoms with Crippen LogP contribution >= 0.6 is 0 Å². The van der Waals surface area contributed by atoms with E-state index in [1.54, 1.807) is 0 Å². The Balaban J connectivity index is 2.08. The van der Waals surface area contributed by atoms with Crippen molar-refractivity contribution in [1.29, 1.82) is 0 Å². The molecule has 1 aliphatic rings. The molecule has 2 aromatic carbocycles. The van der Waals surface area contributed by atoms with E-state index in [1.807, 2.05) is 36.4 Å². The van der Waals surface area contributed by atoms with Gasteiger partial charge in [0.05, 0.1) is 12.2 Å². The number of rotatable bonds is 11. The van der Waals surface area contributed by atoms with Gasteiger partial charge in [0.25, 0.3) is 5.91 Å². The van der Waals surface area contributed by atoms with E-state index < -0.39 is 0 Å². The first-order chi connectivity index (χ1) is 14.6. The number of nitrogen functional groups attached to an aromatic ring is 1. The van der Waals surface area contributed by atoms with E-state index >= 15 is 0 Å². The predicted molar refractivity (Wildman–Crippen MR) is 125 cm³/mol. The van der Waals surface area contributed by atoms with Gasteiger partial charge in [-0.15, -0.1) is 0 Å². The van der Waals surface area contributed by atoms with Gasteiger partial charge in [-0.3, -0.25) is 9.69 Å². The molecule has 1 heterocycles. The molecule has 0 aliphatic carbocycles. The minimum absolute atomic E-state index is 0.0811. The lowest BCUT2D eigenvalue weighted by Crippen LogP contribution is -2.51. The van der Waals surface area contributed by atoms with Crippen LogP contribution < -0.4 is 5.73 Å². The second-order valence-electron chi connectivity index (χ2n) is 8.34. The molecule has 2 aromatic rings. The Labute approximate surface area is 182 Å². The van der Waals surface area contributed by atoms with Gasteiger partial charge < -0.3 is 10.6 Å². The second kappa shape index (κ2) is 10.6. The summed E-state index contributed by atoms with van der Waals surface area (Å²) in [6, 6.07) is 15.9. The number of benzene rings is 2. The maximum Gasteiger partial charge on any atom is 0.256 e. The molecule has 2 N–H and O–H groups in total. The van der Waals surface area contributed by atoms with E-state index in [4.69, 9.17) is 5.73 Å². The lowest BCUT2D eigenvalue weighted by Gasteiger charge is -2.41. The molecule has 0 radical (unpaired) electrons. The molecule has 0 spiro atoms. The Kier molecular flexibility index (Phi) is 7.92. The van der Waals surface area contributed by atoms with Crippen molar-refractivity contribution in [3.63, 3.8) is 0 Å². The maximum atomic E-state index is 13.7. The largest absolute Gasteiger partial charge is 0.398 e. The average molecular weight is 408 g/mol. The van der Waals surface area contributed by atoms with Gasteiger partial charge in [0.15, 0.2) is 0 Å². The van der Waals surface area contributed by atoms with Gasteiger partial charge in [-0.05, 0) is 37.0 Å². The number of nitrogens with zero attached hydrogens (tertiary/aromatic N) is 2. The van der Waals surface area contributed by atoms with Crippen molar-refractivity contribution < 1.29 is 4.79 Å². The smallest absolute Gasteiger partial charge is 0.256 e. The van der Waals surface area contributed by atoms with Gasteiger partial charge in [0, 0.05) is 29.9 Å². The number of fused-ring (bicyclic) bond motifs is 1. The van der Waals surface area contributed by atoms with Gasteiger partial charge >= 0.3 is 0 Å². The zero-order valence-electron chi connectivity index (χ0n) is 18.8. The van der Waals surface area contributed by atoms with Crippen LogP contribution in [0.1, 0.15) is 86.8 Å². The summed E-state index contributed by atoms with van der Waals surface area (Å²) in [5.74, 6) is 0.135. The Morgan fingerprint density at radius 2 is 1.50 bits per heavy atom. The quantitative estimate of drug-likeness (QED) is 0.476. The zero-order chi connectivity index (χ0) is 21.5. The van der Waals surface area contributed by atoms with Crippen LogP contribution in [-0.2, 0) is 0 Å². The van der Waals surface area contributed by atoms with Crippen molar-refractivity contribution in [3.8, 4) is 0 Å². The number of hydrogen-bond acceptors (Lipinski definition) is 3. The third kappa shape index (κ3) is 4.54. The molecule has 30 heavy (non-hydrogen) atoms. The van der Waals surface area contributed by atoms with Crippen LogP contribution in [0.2, 0.25) is 0 Å². The number of nitrogens with two attached hydrogens (primary N) is 1. The lowest BCUT2D eigenvalue weighted by atomic mass is 9.96. The van der Waals surface area contributed by atoms with Gasteiger partial charge in [0.2, 0.25) is 0 Å². The highest BCUT2D eigenvalue weighted by molar-refractivity contribution is 6.00. The van der Waals surface area contributed by atoms with E-state index in [0.29, 0.717) is 0 Å². The first-order valence-corrected chi connectivity index (χ1v) is 11.6. The molecule has 2 unspecified atom stereocenters. The summed E-state index contributed by atoms with van der Waals surface area (Å²) >= 11 is 0. The van der Waals surface area contributed by atoms with Crippen LogP contribution in [0.25, 0.3) is 0 Å². The van der Waals surface area contributed by atoms with Crippen LogP contribution in [-0.4, -0.2) is 35.0 Å². The van der Waals surface area contributed by atoms with Crippen molar-refractivity contribution in [2.75, 3.05) is 18.8 Å². The van der Waals surface area contributed by atoms with Crippen LogP contribution in [0.15, 0.2) is 48.5 Å². The Hall–Kier alpha value is -2.33. The van der Waals surface area contributed by atoms with Crippen molar-refractivity contribution in [1.82, 2.24) is 9.80 Å². The number of carbonyl (C=O) groups excluding carboxylic acids is 1. The Morgan fingerprint density at radius 3 is 2.10 bits per heavy atom. The number of para-hydroxylation sites is 1. The first kappa shape index (κ1) is 22.4.